The number of carbonyl (C=O) groups is 2. The van der Waals surface area contributed by atoms with E-state index in [2.05, 4.69) is 12.2 Å². The lowest BCUT2D eigenvalue weighted by Gasteiger charge is -2.37. The van der Waals surface area contributed by atoms with E-state index in [0.29, 0.717) is 25.9 Å². The first kappa shape index (κ1) is 22.6. The van der Waals surface area contributed by atoms with Crippen LogP contribution in [0.3, 0.4) is 0 Å². The Morgan fingerprint density at radius 2 is 1.67 bits per heavy atom. The first-order chi connectivity index (χ1) is 14.2. The highest BCUT2D eigenvalue weighted by Crippen LogP contribution is 2.38. The first-order valence-corrected chi connectivity index (χ1v) is 11.0. The summed E-state index contributed by atoms with van der Waals surface area (Å²) in [5.41, 5.74) is -0.294. The number of benzene rings is 1. The van der Waals surface area contributed by atoms with Gasteiger partial charge in [0.1, 0.15) is 0 Å². The Kier molecular flexibility index (Phi) is 7.09. The van der Waals surface area contributed by atoms with Crippen molar-refractivity contribution in [1.82, 2.24) is 10.2 Å². The van der Waals surface area contributed by atoms with E-state index in [4.69, 9.17) is 0 Å². The molecular weight excluding hydrogens is 393 g/mol. The third-order valence-electron chi connectivity index (χ3n) is 6.91. The molecule has 1 aromatic carbocycles. The van der Waals surface area contributed by atoms with Gasteiger partial charge in [0.05, 0.1) is 5.56 Å². The van der Waals surface area contributed by atoms with Gasteiger partial charge in [-0.05, 0) is 61.8 Å². The number of carbonyl (C=O) groups excluding carboxylic acids is 2. The van der Waals surface area contributed by atoms with Crippen LogP contribution in [0.25, 0.3) is 0 Å². The second kappa shape index (κ2) is 9.40. The van der Waals surface area contributed by atoms with Gasteiger partial charge in [-0.15, -0.1) is 0 Å². The van der Waals surface area contributed by atoms with Gasteiger partial charge in [0.25, 0.3) is 5.91 Å². The smallest absolute Gasteiger partial charge is 0.355 e. The Labute approximate surface area is 176 Å². The molecule has 1 aliphatic carbocycles. The number of alkyl halides is 3. The van der Waals surface area contributed by atoms with Crippen LogP contribution in [-0.2, 0) is 11.0 Å². The molecule has 30 heavy (non-hydrogen) atoms. The number of halogens is 3. The number of hydrogen-bond donors (Lipinski definition) is 1. The first-order valence-electron chi connectivity index (χ1n) is 11.0. The van der Waals surface area contributed by atoms with Gasteiger partial charge in [0.2, 0.25) is 5.91 Å². The molecule has 1 aromatic rings. The minimum Gasteiger partial charge on any atom is -0.355 e. The SMILES string of the molecule is CCC1(CNC(=O)C2CCN(C(=O)c3ccc(C(F)(F)F)cc3)CC2)CCCCC1. The molecule has 3 rings (SSSR count). The van der Waals surface area contributed by atoms with Gasteiger partial charge >= 0.3 is 6.18 Å². The fourth-order valence-electron chi connectivity index (χ4n) is 4.71. The van der Waals surface area contributed by atoms with E-state index in [1.807, 2.05) is 0 Å². The van der Waals surface area contributed by atoms with Crippen LogP contribution in [0.5, 0.6) is 0 Å². The van der Waals surface area contributed by atoms with E-state index in [-0.39, 0.29) is 28.7 Å². The number of rotatable bonds is 5. The highest BCUT2D eigenvalue weighted by atomic mass is 19.4. The topological polar surface area (TPSA) is 49.4 Å². The maximum absolute atomic E-state index is 12.7. The molecular formula is C23H31F3N2O2. The third-order valence-corrected chi connectivity index (χ3v) is 6.91. The molecule has 0 atom stereocenters. The summed E-state index contributed by atoms with van der Waals surface area (Å²) < 4.78 is 38.1. The fourth-order valence-corrected chi connectivity index (χ4v) is 4.71. The molecule has 1 heterocycles. The van der Waals surface area contributed by atoms with Gasteiger partial charge in [0.15, 0.2) is 0 Å². The highest BCUT2D eigenvalue weighted by molar-refractivity contribution is 5.94. The lowest BCUT2D eigenvalue weighted by molar-refractivity contribution is -0.137. The van der Waals surface area contributed by atoms with Crippen molar-refractivity contribution in [1.29, 1.82) is 0 Å². The van der Waals surface area contributed by atoms with Gasteiger partial charge in [-0.1, -0.05) is 26.2 Å². The van der Waals surface area contributed by atoms with Crippen molar-refractivity contribution in [3.63, 3.8) is 0 Å². The quantitative estimate of drug-likeness (QED) is 0.720. The molecule has 0 unspecified atom stereocenters. The van der Waals surface area contributed by atoms with E-state index >= 15 is 0 Å². The third kappa shape index (κ3) is 5.35. The number of piperidine rings is 1. The average molecular weight is 425 g/mol. The number of likely N-dealkylation sites (tertiary alicyclic amines) is 1. The van der Waals surface area contributed by atoms with Crippen LogP contribution >= 0.6 is 0 Å². The molecule has 4 nitrogen and oxygen atoms in total. The van der Waals surface area contributed by atoms with Crippen molar-refractivity contribution in [3.05, 3.63) is 35.4 Å². The second-order valence-electron chi connectivity index (χ2n) is 8.77. The normalized spacial score (nSPS) is 20.1. The summed E-state index contributed by atoms with van der Waals surface area (Å²) in [4.78, 5) is 26.9. The van der Waals surface area contributed by atoms with E-state index in [1.54, 1.807) is 4.90 Å². The molecule has 1 saturated heterocycles. The minimum atomic E-state index is -4.42. The number of amides is 2. The van der Waals surface area contributed by atoms with Crippen LogP contribution in [0, 0.1) is 11.3 Å². The molecule has 7 heteroatoms. The fraction of sp³-hybridized carbons (Fsp3) is 0.652. The van der Waals surface area contributed by atoms with Crippen LogP contribution in [-0.4, -0.2) is 36.3 Å². The second-order valence-corrected chi connectivity index (χ2v) is 8.77. The van der Waals surface area contributed by atoms with Crippen LogP contribution in [0.1, 0.15) is 74.2 Å². The minimum absolute atomic E-state index is 0.0648. The zero-order chi connectivity index (χ0) is 21.8. The van der Waals surface area contributed by atoms with E-state index in [0.717, 1.165) is 25.1 Å². The Hall–Kier alpha value is -2.05. The maximum Gasteiger partial charge on any atom is 0.416 e. The standard InChI is InChI=1S/C23H31F3N2O2/c1-2-22(12-4-3-5-13-22)16-27-20(29)17-10-14-28(15-11-17)21(30)18-6-8-19(9-7-18)23(24,25)26/h6-9,17H,2-5,10-16H2,1H3,(H,27,29). The van der Waals surface area contributed by atoms with Crippen molar-refractivity contribution in [2.24, 2.45) is 11.3 Å². The molecule has 166 valence electrons. The van der Waals surface area contributed by atoms with Gasteiger partial charge < -0.3 is 10.2 Å². The molecule has 0 bridgehead atoms. The zero-order valence-electron chi connectivity index (χ0n) is 17.6. The van der Waals surface area contributed by atoms with Crippen LogP contribution in [0.4, 0.5) is 13.2 Å². The molecule has 1 N–H and O–H groups in total. The summed E-state index contributed by atoms with van der Waals surface area (Å²) in [6.45, 7) is 3.81. The molecule has 0 aromatic heterocycles. The summed E-state index contributed by atoms with van der Waals surface area (Å²) in [7, 11) is 0. The predicted molar refractivity (Wildman–Crippen MR) is 109 cm³/mol. The number of nitrogens with one attached hydrogen (secondary N) is 1. The van der Waals surface area contributed by atoms with Crippen LogP contribution in [0.15, 0.2) is 24.3 Å². The van der Waals surface area contributed by atoms with Crippen molar-refractivity contribution in [2.45, 2.75) is 64.5 Å². The Morgan fingerprint density at radius 3 is 2.20 bits per heavy atom. The van der Waals surface area contributed by atoms with Crippen LogP contribution < -0.4 is 5.32 Å². The van der Waals surface area contributed by atoms with Crippen molar-refractivity contribution in [3.8, 4) is 0 Å². The predicted octanol–water partition coefficient (Wildman–Crippen LogP) is 5.03. The van der Waals surface area contributed by atoms with Gasteiger partial charge in [-0.25, -0.2) is 0 Å². The van der Waals surface area contributed by atoms with Crippen LogP contribution in [0.2, 0.25) is 0 Å². The highest BCUT2D eigenvalue weighted by Gasteiger charge is 2.33. The largest absolute Gasteiger partial charge is 0.416 e. The summed E-state index contributed by atoms with van der Waals surface area (Å²) in [5.74, 6) is -0.330. The van der Waals surface area contributed by atoms with Crippen molar-refractivity contribution in [2.75, 3.05) is 19.6 Å². The molecule has 2 amide bonds. The summed E-state index contributed by atoms with van der Waals surface area (Å²) in [6.07, 6.45) is 3.90. The molecule has 1 aliphatic heterocycles. The van der Waals surface area contributed by atoms with Crippen molar-refractivity contribution >= 4 is 11.8 Å². The lowest BCUT2D eigenvalue weighted by atomic mass is 9.72. The average Bonchev–Trinajstić information content (AvgIpc) is 2.77. The van der Waals surface area contributed by atoms with E-state index in [9.17, 15) is 22.8 Å². The van der Waals surface area contributed by atoms with E-state index < -0.39 is 11.7 Å². The molecule has 2 fully saturated rings. The van der Waals surface area contributed by atoms with Gasteiger partial charge in [0, 0.05) is 31.1 Å². The maximum atomic E-state index is 12.7. The molecule has 0 radical (unpaired) electrons. The summed E-state index contributed by atoms with van der Waals surface area (Å²) in [6, 6.07) is 4.31. The summed E-state index contributed by atoms with van der Waals surface area (Å²) >= 11 is 0. The molecule has 0 spiro atoms. The Balaban J connectivity index is 1.49. The number of hydrogen-bond acceptors (Lipinski definition) is 2. The van der Waals surface area contributed by atoms with E-state index in [1.165, 1.54) is 44.2 Å². The zero-order valence-corrected chi connectivity index (χ0v) is 17.6. The lowest BCUT2D eigenvalue weighted by Crippen LogP contribution is -2.45. The van der Waals surface area contributed by atoms with Gasteiger partial charge in [-0.2, -0.15) is 13.2 Å². The Morgan fingerprint density at radius 1 is 1.07 bits per heavy atom. The summed E-state index contributed by atoms with van der Waals surface area (Å²) in [5, 5.41) is 3.16. The monoisotopic (exact) mass is 424 g/mol. The Bertz CT molecular complexity index is 732. The molecule has 1 saturated carbocycles. The number of nitrogens with zero attached hydrogens (tertiary/aromatic N) is 1. The van der Waals surface area contributed by atoms with Crippen molar-refractivity contribution < 1.29 is 22.8 Å². The molecule has 2 aliphatic rings. The van der Waals surface area contributed by atoms with Gasteiger partial charge in [-0.3, -0.25) is 9.59 Å².